The minimum Gasteiger partial charge on any atom is -0.494 e. The quantitative estimate of drug-likeness (QED) is 0.742. The van der Waals surface area contributed by atoms with Gasteiger partial charge in [0.2, 0.25) is 0 Å². The number of ether oxygens (including phenoxy) is 1. The predicted molar refractivity (Wildman–Crippen MR) is 70.2 cm³/mol. The lowest BCUT2D eigenvalue weighted by molar-refractivity contribution is 0.204. The van der Waals surface area contributed by atoms with Crippen LogP contribution in [0.5, 0.6) is 5.75 Å². The van der Waals surface area contributed by atoms with Crippen LogP contribution in [-0.2, 0) is 0 Å². The van der Waals surface area contributed by atoms with Crippen molar-refractivity contribution in [2.24, 2.45) is 0 Å². The Hall–Kier alpha value is -0.670. The molecule has 0 bridgehead atoms. The predicted octanol–water partition coefficient (Wildman–Crippen LogP) is 3.26. The summed E-state index contributed by atoms with van der Waals surface area (Å²) in [6, 6.07) is 7.68. The molecule has 0 spiro atoms. The first kappa shape index (κ1) is 13.4. The van der Waals surface area contributed by atoms with Crippen molar-refractivity contribution in [3.63, 3.8) is 0 Å². The van der Waals surface area contributed by atoms with Crippen LogP contribution in [0.15, 0.2) is 24.3 Å². The van der Waals surface area contributed by atoms with E-state index in [0.29, 0.717) is 6.61 Å². The molecule has 3 heteroatoms. The van der Waals surface area contributed by atoms with Crippen molar-refractivity contribution in [3.05, 3.63) is 29.8 Å². The fourth-order valence-corrected chi connectivity index (χ4v) is 2.26. The Balaban J connectivity index is 2.46. The van der Waals surface area contributed by atoms with Crippen molar-refractivity contribution in [2.45, 2.75) is 26.4 Å². The van der Waals surface area contributed by atoms with Crippen molar-refractivity contribution in [2.75, 3.05) is 18.1 Å². The third-order valence-electron chi connectivity index (χ3n) is 2.20. The molecule has 1 aromatic carbocycles. The molecule has 1 atom stereocenters. The van der Waals surface area contributed by atoms with E-state index in [0.717, 1.165) is 29.2 Å². The second kappa shape index (κ2) is 7.58. The summed E-state index contributed by atoms with van der Waals surface area (Å²) in [4.78, 5) is 0. The highest BCUT2D eigenvalue weighted by Gasteiger charge is 2.07. The van der Waals surface area contributed by atoms with Crippen molar-refractivity contribution >= 4 is 11.8 Å². The zero-order valence-electron chi connectivity index (χ0n) is 9.98. The van der Waals surface area contributed by atoms with Gasteiger partial charge < -0.3 is 9.84 Å². The van der Waals surface area contributed by atoms with E-state index < -0.39 is 0 Å². The first-order chi connectivity index (χ1) is 7.77. The smallest absolute Gasteiger partial charge is 0.119 e. The first-order valence-electron chi connectivity index (χ1n) is 5.76. The summed E-state index contributed by atoms with van der Waals surface area (Å²) in [5, 5.41) is 9.91. The molecule has 0 aliphatic rings. The van der Waals surface area contributed by atoms with E-state index in [2.05, 4.69) is 6.92 Å². The Labute approximate surface area is 102 Å². The van der Waals surface area contributed by atoms with E-state index in [1.807, 2.05) is 31.2 Å². The van der Waals surface area contributed by atoms with Crippen molar-refractivity contribution in [3.8, 4) is 5.75 Å². The summed E-state index contributed by atoms with van der Waals surface area (Å²) in [6.45, 7) is 4.79. The van der Waals surface area contributed by atoms with Gasteiger partial charge in [-0.15, -0.1) is 0 Å². The van der Waals surface area contributed by atoms with Crippen LogP contribution in [-0.4, -0.2) is 23.2 Å². The molecule has 16 heavy (non-hydrogen) atoms. The normalized spacial score (nSPS) is 12.4. The molecular weight excluding hydrogens is 220 g/mol. The van der Waals surface area contributed by atoms with Gasteiger partial charge in [-0.05, 0) is 36.8 Å². The number of thioether (sulfide) groups is 1. The zero-order valence-corrected chi connectivity index (χ0v) is 10.8. The van der Waals surface area contributed by atoms with Crippen LogP contribution in [0.2, 0.25) is 0 Å². The van der Waals surface area contributed by atoms with Crippen LogP contribution in [0.4, 0.5) is 0 Å². The molecule has 0 radical (unpaired) electrons. The summed E-state index contributed by atoms with van der Waals surface area (Å²) in [5.41, 5.74) is 0.965. The van der Waals surface area contributed by atoms with Gasteiger partial charge in [-0.25, -0.2) is 0 Å². The Morgan fingerprint density at radius 2 is 1.94 bits per heavy atom. The molecule has 0 amide bonds. The summed E-state index contributed by atoms with van der Waals surface area (Å²) >= 11 is 1.79. The molecule has 0 heterocycles. The molecule has 1 aromatic rings. The minimum atomic E-state index is -0.368. The molecular formula is C13H20O2S. The average molecular weight is 240 g/mol. The SMILES string of the molecule is CCCSCC(O)c1ccc(OCC)cc1. The standard InChI is InChI=1S/C13H20O2S/c1-3-9-16-10-13(14)11-5-7-12(8-6-11)15-4-2/h5-8,13-14H,3-4,9-10H2,1-2H3. The van der Waals surface area contributed by atoms with Crippen LogP contribution in [0.1, 0.15) is 31.9 Å². The molecule has 1 unspecified atom stereocenters. The van der Waals surface area contributed by atoms with Crippen molar-refractivity contribution in [1.29, 1.82) is 0 Å². The summed E-state index contributed by atoms with van der Waals surface area (Å²) < 4.78 is 5.35. The second-order valence-electron chi connectivity index (χ2n) is 3.59. The van der Waals surface area contributed by atoms with Gasteiger partial charge in [0.1, 0.15) is 5.75 Å². The maximum Gasteiger partial charge on any atom is 0.119 e. The lowest BCUT2D eigenvalue weighted by Crippen LogP contribution is -2.01. The van der Waals surface area contributed by atoms with E-state index in [1.165, 1.54) is 0 Å². The van der Waals surface area contributed by atoms with Crippen molar-refractivity contribution in [1.82, 2.24) is 0 Å². The molecule has 1 N–H and O–H groups in total. The highest BCUT2D eigenvalue weighted by molar-refractivity contribution is 7.99. The number of aliphatic hydroxyl groups is 1. The Morgan fingerprint density at radius 3 is 2.50 bits per heavy atom. The van der Waals surface area contributed by atoms with Gasteiger partial charge in [-0.2, -0.15) is 11.8 Å². The molecule has 1 rings (SSSR count). The van der Waals surface area contributed by atoms with E-state index >= 15 is 0 Å². The fraction of sp³-hybridized carbons (Fsp3) is 0.538. The van der Waals surface area contributed by atoms with Gasteiger partial charge >= 0.3 is 0 Å². The van der Waals surface area contributed by atoms with E-state index in [-0.39, 0.29) is 6.10 Å². The highest BCUT2D eigenvalue weighted by atomic mass is 32.2. The van der Waals surface area contributed by atoms with Crippen LogP contribution < -0.4 is 4.74 Å². The van der Waals surface area contributed by atoms with Crippen LogP contribution in [0.25, 0.3) is 0 Å². The third kappa shape index (κ3) is 4.45. The Bertz CT molecular complexity index is 284. The van der Waals surface area contributed by atoms with Gasteiger partial charge in [0, 0.05) is 5.75 Å². The van der Waals surface area contributed by atoms with Crippen LogP contribution in [0.3, 0.4) is 0 Å². The number of hydrogen-bond donors (Lipinski definition) is 1. The number of hydrogen-bond acceptors (Lipinski definition) is 3. The lowest BCUT2D eigenvalue weighted by atomic mass is 10.1. The van der Waals surface area contributed by atoms with Gasteiger partial charge in [-0.1, -0.05) is 19.1 Å². The highest BCUT2D eigenvalue weighted by Crippen LogP contribution is 2.21. The Morgan fingerprint density at radius 1 is 1.25 bits per heavy atom. The number of aliphatic hydroxyl groups excluding tert-OH is 1. The summed E-state index contributed by atoms with van der Waals surface area (Å²) in [6.07, 6.45) is 0.785. The zero-order chi connectivity index (χ0) is 11.8. The molecule has 0 saturated heterocycles. The summed E-state index contributed by atoms with van der Waals surface area (Å²) in [5.74, 6) is 2.73. The second-order valence-corrected chi connectivity index (χ2v) is 4.74. The molecule has 0 aliphatic heterocycles. The largest absolute Gasteiger partial charge is 0.494 e. The summed E-state index contributed by atoms with van der Waals surface area (Å²) in [7, 11) is 0. The van der Waals surface area contributed by atoms with Gasteiger partial charge in [0.15, 0.2) is 0 Å². The average Bonchev–Trinajstić information content (AvgIpc) is 2.30. The lowest BCUT2D eigenvalue weighted by Gasteiger charge is -2.11. The fourth-order valence-electron chi connectivity index (χ4n) is 1.39. The topological polar surface area (TPSA) is 29.5 Å². The molecule has 0 aromatic heterocycles. The van der Waals surface area contributed by atoms with Gasteiger partial charge in [0.05, 0.1) is 12.7 Å². The molecule has 90 valence electrons. The molecule has 0 aliphatic carbocycles. The molecule has 2 nitrogen and oxygen atoms in total. The Kier molecular flexibility index (Phi) is 6.34. The minimum absolute atomic E-state index is 0.368. The number of rotatable bonds is 7. The molecule has 0 saturated carbocycles. The van der Waals surface area contributed by atoms with Gasteiger partial charge in [0.25, 0.3) is 0 Å². The van der Waals surface area contributed by atoms with Gasteiger partial charge in [-0.3, -0.25) is 0 Å². The number of benzene rings is 1. The van der Waals surface area contributed by atoms with Crippen LogP contribution in [0, 0.1) is 0 Å². The van der Waals surface area contributed by atoms with Crippen LogP contribution >= 0.6 is 11.8 Å². The maximum atomic E-state index is 9.91. The maximum absolute atomic E-state index is 9.91. The first-order valence-corrected chi connectivity index (χ1v) is 6.92. The third-order valence-corrected chi connectivity index (χ3v) is 3.45. The van der Waals surface area contributed by atoms with E-state index in [4.69, 9.17) is 4.74 Å². The van der Waals surface area contributed by atoms with E-state index in [9.17, 15) is 5.11 Å². The molecule has 0 fully saturated rings. The monoisotopic (exact) mass is 240 g/mol. The van der Waals surface area contributed by atoms with E-state index in [1.54, 1.807) is 11.8 Å². The van der Waals surface area contributed by atoms with Crippen molar-refractivity contribution < 1.29 is 9.84 Å².